The van der Waals surface area contributed by atoms with Crippen molar-refractivity contribution in [2.24, 2.45) is 0 Å². The van der Waals surface area contributed by atoms with Gasteiger partial charge in [-0.25, -0.2) is 4.39 Å². The van der Waals surface area contributed by atoms with Gasteiger partial charge in [0.25, 0.3) is 0 Å². The molecule has 1 aromatic carbocycles. The predicted molar refractivity (Wildman–Crippen MR) is 44.4 cm³/mol. The fourth-order valence-electron chi connectivity index (χ4n) is 0.584. The third kappa shape index (κ3) is 3.50. The molecule has 0 fully saturated rings. The molecular formula is C8H6BrFOOs-. The van der Waals surface area contributed by atoms with Crippen LogP contribution in [-0.2, 0) is 17.9 Å². The van der Waals surface area contributed by atoms with E-state index >= 15 is 0 Å². The van der Waals surface area contributed by atoms with E-state index in [0.29, 0.717) is 4.47 Å². The number of ether oxygens (including phenoxy) is 1. The van der Waals surface area contributed by atoms with Gasteiger partial charge in [-0.05, 0) is 0 Å². The molecule has 1 aromatic rings. The van der Waals surface area contributed by atoms with Crippen molar-refractivity contribution < 1.29 is 27.1 Å². The summed E-state index contributed by atoms with van der Waals surface area (Å²) in [4.78, 5) is 4.53. The van der Waals surface area contributed by atoms with Crippen LogP contribution in [0.15, 0.2) is 16.6 Å². The maximum absolute atomic E-state index is 12.7. The molecule has 1 nitrogen and oxygen atoms in total. The van der Waals surface area contributed by atoms with E-state index in [1.807, 2.05) is 0 Å². The molecule has 0 bridgehead atoms. The summed E-state index contributed by atoms with van der Waals surface area (Å²) in [7, 11) is 1.42. The van der Waals surface area contributed by atoms with Crippen LogP contribution in [0.25, 0.3) is 0 Å². The molecule has 0 atom stereocenters. The van der Waals surface area contributed by atoms with Gasteiger partial charge in [0, 0.05) is 5.75 Å². The van der Waals surface area contributed by atoms with Gasteiger partial charge >= 0.3 is 22.8 Å². The van der Waals surface area contributed by atoms with Gasteiger partial charge in [-0.15, -0.1) is 12.1 Å². The van der Waals surface area contributed by atoms with Gasteiger partial charge in [0.1, 0.15) is 0 Å². The van der Waals surface area contributed by atoms with Crippen molar-refractivity contribution in [1.82, 2.24) is 0 Å². The summed E-state index contributed by atoms with van der Waals surface area (Å²) in [5.41, 5.74) is 0. The van der Waals surface area contributed by atoms with E-state index in [1.165, 1.54) is 37.2 Å². The molecule has 0 unspecified atom stereocenters. The van der Waals surface area contributed by atoms with Crippen LogP contribution < -0.4 is 4.74 Å². The Morgan fingerprint density at radius 2 is 2.25 bits per heavy atom. The van der Waals surface area contributed by atoms with E-state index in [9.17, 15) is 4.39 Å². The molecule has 4 heteroatoms. The second-order valence-electron chi connectivity index (χ2n) is 1.70. The van der Waals surface area contributed by atoms with E-state index in [1.54, 1.807) is 0 Å². The zero-order valence-corrected chi connectivity index (χ0v) is 10.4. The van der Waals surface area contributed by atoms with E-state index in [-0.39, 0.29) is 11.6 Å². The SMILES string of the molecule is COc1c[c-]c(Br)cc1F.[CH]#[Os]. The van der Waals surface area contributed by atoms with Gasteiger partial charge in [-0.3, -0.25) is 0 Å². The Balaban J connectivity index is 0.000000561. The summed E-state index contributed by atoms with van der Waals surface area (Å²) in [6.07, 6.45) is 0. The number of methoxy groups -OCH3 is 1. The maximum atomic E-state index is 12.7. The quantitative estimate of drug-likeness (QED) is 0.651. The first-order valence-corrected chi connectivity index (χ1v) is 5.11. The minimum absolute atomic E-state index is 0.211. The van der Waals surface area contributed by atoms with Crippen LogP contribution in [0.4, 0.5) is 4.39 Å². The molecule has 0 N–H and O–H groups in total. The topological polar surface area (TPSA) is 9.23 Å². The molecular weight excluding hydrogens is 401 g/mol. The fraction of sp³-hybridized carbons (Fsp3) is 0.125. The Hall–Kier alpha value is -0.154. The summed E-state index contributed by atoms with van der Waals surface area (Å²) in [6.45, 7) is 0. The molecule has 0 aliphatic heterocycles. The Labute approximate surface area is 89.1 Å². The first kappa shape index (κ1) is 11.8. The second-order valence-corrected chi connectivity index (χ2v) is 2.55. The molecule has 0 radical (unpaired) electrons. The molecule has 0 aromatic heterocycles. The average Bonchev–Trinajstić information content (AvgIpc) is 2.08. The van der Waals surface area contributed by atoms with Gasteiger partial charge in [-0.2, -0.15) is 6.07 Å². The van der Waals surface area contributed by atoms with Crippen molar-refractivity contribution >= 4 is 15.9 Å². The van der Waals surface area contributed by atoms with Gasteiger partial charge in [0.2, 0.25) is 0 Å². The number of benzene rings is 1. The third-order valence-corrected chi connectivity index (χ3v) is 1.51. The van der Waals surface area contributed by atoms with Crippen LogP contribution in [0, 0.1) is 16.8 Å². The summed E-state index contributed by atoms with van der Waals surface area (Å²) >= 11 is 4.44. The predicted octanol–water partition coefficient (Wildman–Crippen LogP) is 2.52. The molecule has 0 saturated carbocycles. The van der Waals surface area contributed by atoms with Crippen molar-refractivity contribution in [2.45, 2.75) is 0 Å². The number of rotatable bonds is 1. The Kier molecular flexibility index (Phi) is 6.29. The van der Waals surface area contributed by atoms with Crippen molar-refractivity contribution in [3.05, 3.63) is 28.5 Å². The molecule has 0 aliphatic rings. The standard InChI is InChI=1S/C7H5BrFO.CH.Os/c1-10-7-3-2-5(8)4-6(7)9;;/h3-4H,1H3;1H;/q-1;;. The Morgan fingerprint density at radius 1 is 1.67 bits per heavy atom. The molecule has 67 valence electrons. The summed E-state index contributed by atoms with van der Waals surface area (Å²) < 4.78 is 17.9. The van der Waals surface area contributed by atoms with Crippen LogP contribution >= 0.6 is 15.9 Å². The minimum atomic E-state index is -0.381. The normalized spacial score (nSPS) is 8.17. The summed E-state index contributed by atoms with van der Waals surface area (Å²) in [5, 5.41) is 0. The molecule has 0 saturated heterocycles. The Bertz CT molecular complexity index is 275. The molecule has 0 heterocycles. The van der Waals surface area contributed by atoms with E-state index in [0.717, 1.165) is 0 Å². The second kappa shape index (κ2) is 6.37. The van der Waals surface area contributed by atoms with Crippen molar-refractivity contribution in [1.29, 1.82) is 0 Å². The van der Waals surface area contributed by atoms with Crippen LogP contribution in [0.5, 0.6) is 5.75 Å². The van der Waals surface area contributed by atoms with E-state index < -0.39 is 0 Å². The molecule has 12 heavy (non-hydrogen) atoms. The first-order valence-electron chi connectivity index (χ1n) is 2.85. The third-order valence-electron chi connectivity index (χ3n) is 1.05. The van der Waals surface area contributed by atoms with Crippen molar-refractivity contribution in [3.8, 4) is 10.6 Å². The molecule has 0 amide bonds. The fourth-order valence-corrected chi connectivity index (χ4v) is 0.899. The number of hydrogen-bond donors (Lipinski definition) is 0. The average molecular weight is 407 g/mol. The van der Waals surface area contributed by atoms with Crippen LogP contribution in [0.2, 0.25) is 0 Å². The van der Waals surface area contributed by atoms with Gasteiger partial charge in [0.05, 0.1) is 12.9 Å². The van der Waals surface area contributed by atoms with Gasteiger partial charge in [-0.1, -0.05) is 20.4 Å². The molecule has 0 aliphatic carbocycles. The molecule has 1 rings (SSSR count). The zero-order chi connectivity index (χ0) is 9.56. The van der Waals surface area contributed by atoms with Crippen molar-refractivity contribution in [2.75, 3.05) is 7.11 Å². The summed E-state index contributed by atoms with van der Waals surface area (Å²) in [6, 6.07) is 5.49. The monoisotopic (exact) mass is 408 g/mol. The molecule has 0 spiro atoms. The van der Waals surface area contributed by atoms with E-state index in [4.69, 9.17) is 0 Å². The van der Waals surface area contributed by atoms with Gasteiger partial charge in [0.15, 0.2) is 0 Å². The first-order chi connectivity index (χ1) is 5.74. The number of hydrogen-bond acceptors (Lipinski definition) is 1. The van der Waals surface area contributed by atoms with Crippen LogP contribution in [0.1, 0.15) is 0 Å². The van der Waals surface area contributed by atoms with E-state index in [2.05, 4.69) is 31.6 Å². The van der Waals surface area contributed by atoms with Gasteiger partial charge < -0.3 is 4.74 Å². The van der Waals surface area contributed by atoms with Crippen LogP contribution in [0.3, 0.4) is 0 Å². The van der Waals surface area contributed by atoms with Crippen molar-refractivity contribution in [3.63, 3.8) is 0 Å². The number of halogens is 2. The Morgan fingerprint density at radius 3 is 2.67 bits per heavy atom. The van der Waals surface area contributed by atoms with Crippen LogP contribution in [-0.4, -0.2) is 7.11 Å². The zero-order valence-electron chi connectivity index (χ0n) is 6.25. The summed E-state index contributed by atoms with van der Waals surface area (Å²) in [5.74, 6) is -0.170.